The molecule has 1 N–H and O–H groups in total. The Hall–Kier alpha value is -1.70. The summed E-state index contributed by atoms with van der Waals surface area (Å²) in [4.78, 5) is 21.6. The summed E-state index contributed by atoms with van der Waals surface area (Å²) in [5.41, 5.74) is 1.72. The average molecular weight is 334 g/mol. The summed E-state index contributed by atoms with van der Waals surface area (Å²) in [5.74, 6) is 0.699. The van der Waals surface area contributed by atoms with E-state index in [1.807, 2.05) is 19.2 Å². The van der Waals surface area contributed by atoms with Crippen molar-refractivity contribution in [1.29, 1.82) is 0 Å². The number of hydrogen-bond donors (Lipinski definition) is 1. The van der Waals surface area contributed by atoms with Gasteiger partial charge in [0.15, 0.2) is 0 Å². The second-order valence-corrected chi connectivity index (χ2v) is 6.06. The Morgan fingerprint density at radius 3 is 2.50 bits per heavy atom. The van der Waals surface area contributed by atoms with E-state index in [9.17, 15) is 4.79 Å². The molecule has 2 aliphatic heterocycles. The molecule has 0 aromatic carbocycles. The van der Waals surface area contributed by atoms with E-state index in [-0.39, 0.29) is 5.91 Å². The number of morpholine rings is 2. The lowest BCUT2D eigenvalue weighted by molar-refractivity contribution is 0.0341. The van der Waals surface area contributed by atoms with Crippen LogP contribution in [0.5, 0.6) is 0 Å². The lowest BCUT2D eigenvalue weighted by Crippen LogP contribution is -2.39. The molecule has 1 aromatic rings. The molecule has 2 aliphatic rings. The normalized spacial score (nSPS) is 19.3. The summed E-state index contributed by atoms with van der Waals surface area (Å²) in [7, 11) is 0. The first kappa shape index (κ1) is 17.1. The Morgan fingerprint density at radius 2 is 1.83 bits per heavy atom. The number of nitrogens with zero attached hydrogens (tertiary/aromatic N) is 3. The van der Waals surface area contributed by atoms with Gasteiger partial charge in [0.2, 0.25) is 0 Å². The number of ether oxygens (including phenoxy) is 2. The molecule has 0 aliphatic carbocycles. The van der Waals surface area contributed by atoms with Crippen molar-refractivity contribution in [2.45, 2.75) is 13.5 Å². The summed E-state index contributed by atoms with van der Waals surface area (Å²) in [6, 6.07) is 1.98. The molecular weight excluding hydrogens is 308 g/mol. The Bertz CT molecular complexity index is 555. The fourth-order valence-electron chi connectivity index (χ4n) is 3.05. The van der Waals surface area contributed by atoms with Crippen LogP contribution in [0.3, 0.4) is 0 Å². The predicted octanol–water partition coefficient (Wildman–Crippen LogP) is 0.500. The van der Waals surface area contributed by atoms with Gasteiger partial charge in [-0.05, 0) is 18.6 Å². The maximum atomic E-state index is 12.5. The van der Waals surface area contributed by atoms with E-state index in [4.69, 9.17) is 9.47 Å². The first-order valence-corrected chi connectivity index (χ1v) is 8.68. The molecule has 2 saturated heterocycles. The van der Waals surface area contributed by atoms with Gasteiger partial charge < -0.3 is 19.7 Å². The van der Waals surface area contributed by atoms with Crippen LogP contribution in [0.2, 0.25) is 0 Å². The van der Waals surface area contributed by atoms with E-state index in [0.717, 1.165) is 57.3 Å². The second-order valence-electron chi connectivity index (χ2n) is 6.06. The largest absolute Gasteiger partial charge is 0.379 e. The number of hydrogen-bond acceptors (Lipinski definition) is 6. The van der Waals surface area contributed by atoms with Gasteiger partial charge in [-0.3, -0.25) is 9.69 Å². The number of anilines is 1. The molecule has 1 aromatic heterocycles. The zero-order chi connectivity index (χ0) is 16.8. The summed E-state index contributed by atoms with van der Waals surface area (Å²) in [5, 5.41) is 2.90. The van der Waals surface area contributed by atoms with Gasteiger partial charge in [0.1, 0.15) is 5.82 Å². The molecule has 7 heteroatoms. The number of pyridine rings is 1. The van der Waals surface area contributed by atoms with Gasteiger partial charge >= 0.3 is 0 Å². The molecule has 0 saturated carbocycles. The molecule has 1 amide bonds. The molecule has 24 heavy (non-hydrogen) atoms. The van der Waals surface area contributed by atoms with E-state index < -0.39 is 0 Å². The van der Waals surface area contributed by atoms with Crippen molar-refractivity contribution in [2.75, 3.05) is 64.1 Å². The van der Waals surface area contributed by atoms with Crippen LogP contribution in [0.15, 0.2) is 12.3 Å². The number of carbonyl (C=O) groups is 1. The molecule has 0 bridgehead atoms. The molecule has 0 spiro atoms. The summed E-state index contributed by atoms with van der Waals surface area (Å²) >= 11 is 0. The van der Waals surface area contributed by atoms with Gasteiger partial charge in [-0.2, -0.15) is 0 Å². The van der Waals surface area contributed by atoms with Gasteiger partial charge in [-0.25, -0.2) is 4.98 Å². The van der Waals surface area contributed by atoms with E-state index in [2.05, 4.69) is 20.1 Å². The SMILES string of the molecule is CCNC(=O)c1cc(CN2CCOCC2)cnc1N1CCOCC1. The van der Waals surface area contributed by atoms with Gasteiger partial charge in [0.05, 0.1) is 32.0 Å². The maximum absolute atomic E-state index is 12.5. The minimum absolute atomic E-state index is 0.0599. The highest BCUT2D eigenvalue weighted by Crippen LogP contribution is 2.21. The number of rotatable bonds is 5. The van der Waals surface area contributed by atoms with Crippen LogP contribution in [-0.4, -0.2) is 74.9 Å². The van der Waals surface area contributed by atoms with Crippen molar-refractivity contribution in [2.24, 2.45) is 0 Å². The van der Waals surface area contributed by atoms with Crippen LogP contribution >= 0.6 is 0 Å². The lowest BCUT2D eigenvalue weighted by Gasteiger charge is -2.30. The van der Waals surface area contributed by atoms with Crippen molar-refractivity contribution < 1.29 is 14.3 Å². The van der Waals surface area contributed by atoms with Gasteiger partial charge in [0.25, 0.3) is 5.91 Å². The van der Waals surface area contributed by atoms with Crippen LogP contribution in [0.1, 0.15) is 22.8 Å². The highest BCUT2D eigenvalue weighted by molar-refractivity contribution is 5.99. The van der Waals surface area contributed by atoms with Crippen LogP contribution in [0.4, 0.5) is 5.82 Å². The molecule has 0 atom stereocenters. The van der Waals surface area contributed by atoms with E-state index in [0.29, 0.717) is 25.3 Å². The molecule has 132 valence electrons. The van der Waals surface area contributed by atoms with E-state index in [1.165, 1.54) is 0 Å². The zero-order valence-corrected chi connectivity index (χ0v) is 14.3. The van der Waals surface area contributed by atoms with Crippen molar-refractivity contribution in [3.05, 3.63) is 23.4 Å². The predicted molar refractivity (Wildman–Crippen MR) is 91.4 cm³/mol. The minimum Gasteiger partial charge on any atom is -0.379 e. The molecule has 0 unspecified atom stereocenters. The first-order chi connectivity index (χ1) is 11.8. The Morgan fingerprint density at radius 1 is 1.17 bits per heavy atom. The number of carbonyl (C=O) groups excluding carboxylic acids is 1. The molecule has 2 fully saturated rings. The quantitative estimate of drug-likeness (QED) is 0.846. The second kappa shape index (κ2) is 8.41. The fourth-order valence-corrected chi connectivity index (χ4v) is 3.05. The number of amides is 1. The van der Waals surface area contributed by atoms with Gasteiger partial charge in [0, 0.05) is 45.5 Å². The van der Waals surface area contributed by atoms with Crippen molar-refractivity contribution in [3.63, 3.8) is 0 Å². The molecule has 3 rings (SSSR count). The Balaban J connectivity index is 1.81. The molecule has 3 heterocycles. The highest BCUT2D eigenvalue weighted by atomic mass is 16.5. The molecule has 0 radical (unpaired) electrons. The van der Waals surface area contributed by atoms with Crippen LogP contribution in [0.25, 0.3) is 0 Å². The maximum Gasteiger partial charge on any atom is 0.255 e. The topological polar surface area (TPSA) is 66.9 Å². The van der Waals surface area contributed by atoms with Crippen LogP contribution in [0, 0.1) is 0 Å². The standard InChI is InChI=1S/C17H26N4O3/c1-2-18-17(22)15-11-14(13-20-3-7-23-8-4-20)12-19-16(15)21-5-9-24-10-6-21/h11-12H,2-10,13H2,1H3,(H,18,22). The average Bonchev–Trinajstić information content (AvgIpc) is 2.63. The van der Waals surface area contributed by atoms with Crippen molar-refractivity contribution in [3.8, 4) is 0 Å². The Kier molecular flexibility index (Phi) is 6.01. The van der Waals surface area contributed by atoms with E-state index >= 15 is 0 Å². The van der Waals surface area contributed by atoms with Crippen LogP contribution < -0.4 is 10.2 Å². The van der Waals surface area contributed by atoms with E-state index in [1.54, 1.807) is 0 Å². The van der Waals surface area contributed by atoms with Crippen LogP contribution in [-0.2, 0) is 16.0 Å². The summed E-state index contributed by atoms with van der Waals surface area (Å²) in [6.45, 7) is 9.58. The monoisotopic (exact) mass is 334 g/mol. The third-order valence-electron chi connectivity index (χ3n) is 4.33. The van der Waals surface area contributed by atoms with Gasteiger partial charge in [-0.1, -0.05) is 0 Å². The highest BCUT2D eigenvalue weighted by Gasteiger charge is 2.21. The minimum atomic E-state index is -0.0599. The van der Waals surface area contributed by atoms with Crippen molar-refractivity contribution >= 4 is 11.7 Å². The summed E-state index contributed by atoms with van der Waals surface area (Å²) in [6.07, 6.45) is 1.89. The van der Waals surface area contributed by atoms with Crippen molar-refractivity contribution in [1.82, 2.24) is 15.2 Å². The van der Waals surface area contributed by atoms with Gasteiger partial charge in [-0.15, -0.1) is 0 Å². The summed E-state index contributed by atoms with van der Waals surface area (Å²) < 4.78 is 10.8. The third kappa shape index (κ3) is 4.23. The lowest BCUT2D eigenvalue weighted by atomic mass is 10.1. The third-order valence-corrected chi connectivity index (χ3v) is 4.33. The first-order valence-electron chi connectivity index (χ1n) is 8.68. The molecule has 7 nitrogen and oxygen atoms in total. The molecular formula is C17H26N4O3. The smallest absolute Gasteiger partial charge is 0.255 e. The number of nitrogens with one attached hydrogen (secondary N) is 1. The zero-order valence-electron chi connectivity index (χ0n) is 14.3. The Labute approximate surface area is 142 Å². The fraction of sp³-hybridized carbons (Fsp3) is 0.647. The number of aromatic nitrogens is 1.